The molecule has 1 aliphatic rings. The topological polar surface area (TPSA) is 6.48 Å². The molecule has 4 aromatic rings. The zero-order valence-electron chi connectivity index (χ0n) is 19.9. The van der Waals surface area contributed by atoms with Crippen molar-refractivity contribution in [1.29, 1.82) is 0 Å². The van der Waals surface area contributed by atoms with Crippen molar-refractivity contribution in [3.05, 3.63) is 119 Å². The monoisotopic (exact) mass is 432 g/mol. The number of fused-ring (bicyclic) bond motifs is 3. The van der Waals surface area contributed by atoms with Gasteiger partial charge in [0.2, 0.25) is 0 Å². The van der Waals surface area contributed by atoms with E-state index in [-0.39, 0.29) is 0 Å². The molecule has 0 radical (unpaired) electrons. The van der Waals surface area contributed by atoms with Crippen molar-refractivity contribution in [2.24, 2.45) is 0 Å². The van der Waals surface area contributed by atoms with Crippen LogP contribution < -0.4 is 0 Å². The van der Waals surface area contributed by atoms with E-state index in [0.717, 1.165) is 26.1 Å². The van der Waals surface area contributed by atoms with Gasteiger partial charge in [-0.1, -0.05) is 91.0 Å². The second kappa shape index (κ2) is 9.35. The highest BCUT2D eigenvalue weighted by atomic mass is 15.1. The first-order valence-electron chi connectivity index (χ1n) is 11.8. The summed E-state index contributed by atoms with van der Waals surface area (Å²) in [6.07, 6.45) is 1.04. The average molecular weight is 433 g/mol. The third kappa shape index (κ3) is 4.50. The van der Waals surface area contributed by atoms with Gasteiger partial charge < -0.3 is 4.90 Å². The third-order valence-electron chi connectivity index (χ3n) is 6.62. The van der Waals surface area contributed by atoms with Crippen LogP contribution >= 0.6 is 0 Å². The van der Waals surface area contributed by atoms with Gasteiger partial charge in [-0.3, -0.25) is 4.90 Å². The molecule has 0 saturated heterocycles. The molecule has 0 aromatic heterocycles. The number of benzene rings is 4. The predicted octanol–water partition coefficient (Wildman–Crippen LogP) is 6.62. The fourth-order valence-corrected chi connectivity index (χ4v) is 5.23. The Morgan fingerprint density at radius 1 is 0.576 bits per heavy atom. The van der Waals surface area contributed by atoms with Gasteiger partial charge in [0, 0.05) is 19.6 Å². The molecule has 0 unspecified atom stereocenters. The highest BCUT2D eigenvalue weighted by molar-refractivity contribution is 5.80. The smallest absolute Gasteiger partial charge is 0.0240 e. The van der Waals surface area contributed by atoms with Gasteiger partial charge in [-0.25, -0.2) is 0 Å². The molecule has 4 aromatic carbocycles. The van der Waals surface area contributed by atoms with E-state index in [1.807, 2.05) is 0 Å². The van der Waals surface area contributed by atoms with Gasteiger partial charge in [-0.15, -0.1) is 0 Å². The second-order valence-corrected chi connectivity index (χ2v) is 9.50. The van der Waals surface area contributed by atoms with E-state index in [9.17, 15) is 0 Å². The first-order chi connectivity index (χ1) is 16.1. The maximum absolute atomic E-state index is 2.45. The van der Waals surface area contributed by atoms with Crippen LogP contribution in [-0.4, -0.2) is 30.9 Å². The van der Waals surface area contributed by atoms with E-state index in [0.29, 0.717) is 0 Å². The minimum atomic E-state index is 0.924. The molecular formula is C31H32N2. The molecule has 2 nitrogen and oxygen atoms in total. The summed E-state index contributed by atoms with van der Waals surface area (Å²) in [5, 5.41) is 0. The number of nitrogens with zero attached hydrogens (tertiary/aromatic N) is 2. The van der Waals surface area contributed by atoms with Crippen molar-refractivity contribution < 1.29 is 0 Å². The van der Waals surface area contributed by atoms with Crippen molar-refractivity contribution in [2.45, 2.75) is 26.1 Å². The predicted molar refractivity (Wildman–Crippen MR) is 139 cm³/mol. The third-order valence-corrected chi connectivity index (χ3v) is 6.62. The van der Waals surface area contributed by atoms with Gasteiger partial charge in [0.1, 0.15) is 0 Å². The number of hydrogen-bond donors (Lipinski definition) is 0. The summed E-state index contributed by atoms with van der Waals surface area (Å²) < 4.78 is 0. The summed E-state index contributed by atoms with van der Waals surface area (Å²) in [5.41, 5.74) is 12.7. The van der Waals surface area contributed by atoms with E-state index < -0.39 is 0 Å². The summed E-state index contributed by atoms with van der Waals surface area (Å²) in [6, 6.07) is 33.2. The minimum absolute atomic E-state index is 0.924. The second-order valence-electron chi connectivity index (χ2n) is 9.50. The van der Waals surface area contributed by atoms with Crippen LogP contribution in [0.3, 0.4) is 0 Å². The fourth-order valence-electron chi connectivity index (χ4n) is 5.23. The average Bonchev–Trinajstić information content (AvgIpc) is 3.20. The lowest BCUT2D eigenvalue weighted by molar-refractivity contribution is 0.319. The SMILES string of the molecule is CN(C)Cc1cccc2c1-c1cccc(CN(C)Cc3ccccc3-c3ccccc3)c1C2. The van der Waals surface area contributed by atoms with Gasteiger partial charge >= 0.3 is 0 Å². The Hall–Kier alpha value is -3.20. The van der Waals surface area contributed by atoms with Crippen LogP contribution in [0.4, 0.5) is 0 Å². The van der Waals surface area contributed by atoms with Crippen LogP contribution in [-0.2, 0) is 26.1 Å². The van der Waals surface area contributed by atoms with Crippen LogP contribution in [0.5, 0.6) is 0 Å². The van der Waals surface area contributed by atoms with Crippen molar-refractivity contribution in [1.82, 2.24) is 9.80 Å². The normalized spacial score (nSPS) is 12.3. The summed E-state index contributed by atoms with van der Waals surface area (Å²) in [4.78, 5) is 4.70. The van der Waals surface area contributed by atoms with Gasteiger partial charge in [0.25, 0.3) is 0 Å². The Balaban J connectivity index is 1.40. The van der Waals surface area contributed by atoms with Crippen molar-refractivity contribution in [3.8, 4) is 22.3 Å². The van der Waals surface area contributed by atoms with E-state index in [1.54, 1.807) is 0 Å². The molecule has 0 heterocycles. The summed E-state index contributed by atoms with van der Waals surface area (Å²) in [5.74, 6) is 0. The molecule has 0 fully saturated rings. The lowest BCUT2D eigenvalue weighted by atomic mass is 9.97. The molecule has 0 amide bonds. The Morgan fingerprint density at radius 3 is 2.03 bits per heavy atom. The maximum Gasteiger partial charge on any atom is 0.0240 e. The van der Waals surface area contributed by atoms with E-state index in [4.69, 9.17) is 0 Å². The van der Waals surface area contributed by atoms with Crippen LogP contribution in [0.25, 0.3) is 22.3 Å². The summed E-state index contributed by atoms with van der Waals surface area (Å²) >= 11 is 0. The molecule has 1 aliphatic carbocycles. The highest BCUT2D eigenvalue weighted by Crippen LogP contribution is 2.41. The van der Waals surface area contributed by atoms with E-state index >= 15 is 0 Å². The Bertz CT molecular complexity index is 1260. The van der Waals surface area contributed by atoms with Crippen LogP contribution in [0, 0.1) is 0 Å². The maximum atomic E-state index is 2.45. The number of rotatable bonds is 7. The minimum Gasteiger partial charge on any atom is -0.305 e. The van der Waals surface area contributed by atoms with E-state index in [2.05, 4.69) is 122 Å². The van der Waals surface area contributed by atoms with Crippen LogP contribution in [0.1, 0.15) is 27.8 Å². The van der Waals surface area contributed by atoms with Crippen molar-refractivity contribution in [2.75, 3.05) is 21.1 Å². The fraction of sp³-hybridized carbons (Fsp3) is 0.226. The van der Waals surface area contributed by atoms with Crippen LogP contribution in [0.2, 0.25) is 0 Å². The molecule has 0 bridgehead atoms. The molecule has 0 spiro atoms. The Morgan fingerprint density at radius 2 is 1.21 bits per heavy atom. The zero-order chi connectivity index (χ0) is 22.8. The Labute approximate surface area is 198 Å². The van der Waals surface area contributed by atoms with Crippen LogP contribution in [0.15, 0.2) is 91.0 Å². The highest BCUT2D eigenvalue weighted by Gasteiger charge is 2.24. The van der Waals surface area contributed by atoms with Crippen molar-refractivity contribution >= 4 is 0 Å². The van der Waals surface area contributed by atoms with E-state index in [1.165, 1.54) is 50.1 Å². The molecule has 0 atom stereocenters. The lowest BCUT2D eigenvalue weighted by Gasteiger charge is -2.21. The lowest BCUT2D eigenvalue weighted by Crippen LogP contribution is -2.18. The number of hydrogen-bond acceptors (Lipinski definition) is 2. The molecule has 0 aliphatic heterocycles. The van der Waals surface area contributed by atoms with Gasteiger partial charge in [0.15, 0.2) is 0 Å². The van der Waals surface area contributed by atoms with Gasteiger partial charge in [-0.2, -0.15) is 0 Å². The first-order valence-corrected chi connectivity index (χ1v) is 11.8. The van der Waals surface area contributed by atoms with Crippen molar-refractivity contribution in [3.63, 3.8) is 0 Å². The molecule has 5 rings (SSSR count). The molecule has 166 valence electrons. The first kappa shape index (κ1) is 21.6. The van der Waals surface area contributed by atoms with Gasteiger partial charge in [-0.05, 0) is 77.6 Å². The standard InChI is InChI=1S/C31H32N2/c1-32(2)20-27-16-9-14-24-19-30-26(15-10-18-29(30)31(24)27)22-33(3)21-25-13-7-8-17-28(25)23-11-5-4-6-12-23/h4-18H,19-22H2,1-3H3. The molecule has 33 heavy (non-hydrogen) atoms. The molecule has 0 saturated carbocycles. The summed E-state index contributed by atoms with van der Waals surface area (Å²) in [6.45, 7) is 2.85. The van der Waals surface area contributed by atoms with Gasteiger partial charge in [0.05, 0.1) is 0 Å². The Kier molecular flexibility index (Phi) is 6.13. The quantitative estimate of drug-likeness (QED) is 0.285. The largest absolute Gasteiger partial charge is 0.305 e. The molecular weight excluding hydrogens is 400 g/mol. The summed E-state index contributed by atoms with van der Waals surface area (Å²) in [7, 11) is 6.53. The molecule has 0 N–H and O–H groups in total. The molecule has 2 heteroatoms. The zero-order valence-corrected chi connectivity index (χ0v) is 19.9.